The number of carboxylic acids is 1. The molecule has 1 fully saturated rings. The van der Waals surface area contributed by atoms with E-state index in [4.69, 9.17) is 9.90 Å². The fraction of sp³-hybridized carbons (Fsp3) is 0.310. The summed E-state index contributed by atoms with van der Waals surface area (Å²) in [6.07, 6.45) is 0.810. The molecule has 0 aliphatic carbocycles. The zero-order chi connectivity index (χ0) is 31.0. The van der Waals surface area contributed by atoms with Crippen molar-refractivity contribution in [3.63, 3.8) is 0 Å². The van der Waals surface area contributed by atoms with Gasteiger partial charge in [0.2, 0.25) is 17.7 Å². The summed E-state index contributed by atoms with van der Waals surface area (Å²) in [4.78, 5) is 67.4. The first-order chi connectivity index (χ1) is 19.9. The summed E-state index contributed by atoms with van der Waals surface area (Å²) in [6.45, 7) is 7.22. The Balaban J connectivity index is 0.00000114. The molecule has 3 aromatic rings. The number of amidine groups is 1. The normalized spacial score (nSPS) is 16.0. The molecule has 2 aromatic carbocycles. The number of aliphatic carboxylic acids is 1. The molecule has 12 nitrogen and oxygen atoms in total. The van der Waals surface area contributed by atoms with Crippen LogP contribution in [0.25, 0.3) is 0 Å². The van der Waals surface area contributed by atoms with Gasteiger partial charge in [-0.05, 0) is 41.2 Å². The Morgan fingerprint density at radius 1 is 1.00 bits per heavy atom. The minimum Gasteiger partial charge on any atom is -0.494 e. The molecule has 1 aliphatic rings. The number of rotatable bonds is 8. The Morgan fingerprint density at radius 2 is 1.60 bits per heavy atom. The first-order valence-electron chi connectivity index (χ1n) is 13.2. The highest BCUT2D eigenvalue weighted by Crippen LogP contribution is 2.32. The molecular formula is C29H33N5O7S. The molecule has 0 saturated carbocycles. The van der Waals surface area contributed by atoms with Crippen LogP contribution in [-0.4, -0.2) is 48.4 Å². The largest absolute Gasteiger partial charge is 0.494 e. The lowest BCUT2D eigenvalue weighted by atomic mass is 9.96. The average Bonchev–Trinajstić information content (AvgIpc) is 3.25. The number of hydrogen-bond donors (Lipinski definition) is 6. The van der Waals surface area contributed by atoms with Gasteiger partial charge in [0.05, 0.1) is 0 Å². The van der Waals surface area contributed by atoms with Gasteiger partial charge in [0, 0.05) is 19.0 Å². The molecule has 2 amide bonds. The number of aromatic nitrogens is 2. The topological polar surface area (TPSA) is 194 Å². The standard InChI is InChI=1S/C27H29N5O5S.C2H4O2/c1-4-15-5-11-18(12-6-15)28-20(33)13-19-23(34)32-27(38-19)29-22(17-9-7-16(8-10-17)14(2)3)21-24(35)30-26(37)31-25(21)36;1-2(3)4/h5-12,14,19,22H,4,13H2,1-3H3,(H,28,33)(H,29,32,34)(H3,30,31,35,36,37);1H3,(H,3,4). The van der Waals surface area contributed by atoms with Gasteiger partial charge in [-0.15, -0.1) is 0 Å². The number of aromatic amines is 2. The number of nitrogens with one attached hydrogen (secondary N) is 4. The van der Waals surface area contributed by atoms with Gasteiger partial charge >= 0.3 is 5.69 Å². The van der Waals surface area contributed by atoms with Crippen molar-refractivity contribution in [2.75, 3.05) is 5.32 Å². The summed E-state index contributed by atoms with van der Waals surface area (Å²) in [5.41, 5.74) is 1.61. The van der Waals surface area contributed by atoms with E-state index in [1.54, 1.807) is 12.1 Å². The Hall–Kier alpha value is -4.65. The third kappa shape index (κ3) is 8.67. The van der Waals surface area contributed by atoms with Crippen LogP contribution in [0.2, 0.25) is 0 Å². The molecule has 2 atom stereocenters. The number of H-pyrrole nitrogens is 2. The van der Waals surface area contributed by atoms with E-state index in [0.29, 0.717) is 11.3 Å². The molecule has 222 valence electrons. The number of hydrogen-bond acceptors (Lipinski definition) is 8. The van der Waals surface area contributed by atoms with Crippen LogP contribution < -0.4 is 21.9 Å². The minimum absolute atomic E-state index is 0.0801. The van der Waals surface area contributed by atoms with Crippen LogP contribution in [0.15, 0.2) is 63.1 Å². The highest BCUT2D eigenvalue weighted by atomic mass is 32.2. The van der Waals surface area contributed by atoms with Gasteiger partial charge in [0.25, 0.3) is 11.5 Å². The molecule has 0 spiro atoms. The van der Waals surface area contributed by atoms with Crippen LogP contribution in [0.5, 0.6) is 5.88 Å². The van der Waals surface area contributed by atoms with Gasteiger partial charge in [0.1, 0.15) is 16.9 Å². The van der Waals surface area contributed by atoms with Gasteiger partial charge in [-0.3, -0.25) is 29.1 Å². The highest BCUT2D eigenvalue weighted by Gasteiger charge is 2.34. The van der Waals surface area contributed by atoms with Crippen LogP contribution in [0.1, 0.15) is 68.3 Å². The monoisotopic (exact) mass is 595 g/mol. The lowest BCUT2D eigenvalue weighted by molar-refractivity contribution is -0.134. The maximum absolute atomic E-state index is 12.7. The van der Waals surface area contributed by atoms with E-state index in [-0.39, 0.29) is 29.0 Å². The summed E-state index contributed by atoms with van der Waals surface area (Å²) in [5.74, 6) is -1.88. The van der Waals surface area contributed by atoms with Crippen molar-refractivity contribution in [2.45, 2.75) is 57.7 Å². The second kappa shape index (κ2) is 14.3. The molecule has 4 rings (SSSR count). The number of amides is 2. The average molecular weight is 596 g/mol. The molecule has 2 heterocycles. The summed E-state index contributed by atoms with van der Waals surface area (Å²) in [6, 6.07) is 13.8. The smallest absolute Gasteiger partial charge is 0.328 e. The number of anilines is 1. The fourth-order valence-electron chi connectivity index (χ4n) is 4.03. The van der Waals surface area contributed by atoms with Crippen molar-refractivity contribution in [3.05, 3.63) is 91.6 Å². The molecule has 13 heteroatoms. The molecular weight excluding hydrogens is 562 g/mol. The first-order valence-corrected chi connectivity index (χ1v) is 14.0. The van der Waals surface area contributed by atoms with Gasteiger partial charge < -0.3 is 20.8 Å². The number of aliphatic imine (C=N–C) groups is 1. The maximum atomic E-state index is 12.7. The van der Waals surface area contributed by atoms with Crippen molar-refractivity contribution in [1.82, 2.24) is 15.3 Å². The highest BCUT2D eigenvalue weighted by molar-refractivity contribution is 8.15. The predicted octanol–water partition coefficient (Wildman–Crippen LogP) is 3.25. The van der Waals surface area contributed by atoms with Crippen LogP contribution in [0.3, 0.4) is 0 Å². The SMILES string of the molecule is CC(=O)O.CCc1ccc(NC(=O)CC2SC(=NC(c3ccc(C(C)C)cc3)c3c(O)[nH]c(=O)[nH]c3=O)NC2=O)cc1. The quantitative estimate of drug-likeness (QED) is 0.228. The number of thioether (sulfide) groups is 1. The van der Waals surface area contributed by atoms with E-state index in [0.717, 1.165) is 36.2 Å². The molecule has 0 bridgehead atoms. The lowest BCUT2D eigenvalue weighted by Crippen LogP contribution is -2.29. The van der Waals surface area contributed by atoms with Crippen molar-refractivity contribution >= 4 is 40.4 Å². The Morgan fingerprint density at radius 3 is 2.14 bits per heavy atom. The van der Waals surface area contributed by atoms with Crippen molar-refractivity contribution in [3.8, 4) is 5.88 Å². The third-order valence-corrected chi connectivity index (χ3v) is 7.29. The molecule has 1 saturated heterocycles. The zero-order valence-corrected chi connectivity index (χ0v) is 24.4. The van der Waals surface area contributed by atoms with E-state index in [2.05, 4.69) is 25.6 Å². The van der Waals surface area contributed by atoms with E-state index < -0.39 is 40.3 Å². The Bertz CT molecular complexity index is 1570. The molecule has 2 unspecified atom stereocenters. The van der Waals surface area contributed by atoms with Crippen LogP contribution in [0, 0.1) is 0 Å². The molecule has 42 heavy (non-hydrogen) atoms. The van der Waals surface area contributed by atoms with Crippen molar-refractivity contribution < 1.29 is 24.6 Å². The number of nitrogens with zero attached hydrogens (tertiary/aromatic N) is 1. The minimum atomic E-state index is -1.02. The number of carbonyl (C=O) groups is 3. The summed E-state index contributed by atoms with van der Waals surface area (Å²) in [7, 11) is 0. The van der Waals surface area contributed by atoms with E-state index >= 15 is 0 Å². The van der Waals surface area contributed by atoms with Crippen molar-refractivity contribution in [1.29, 1.82) is 0 Å². The first kappa shape index (κ1) is 31.9. The number of aromatic hydroxyl groups is 1. The van der Waals surface area contributed by atoms with Crippen LogP contribution in [0.4, 0.5) is 5.69 Å². The predicted molar refractivity (Wildman–Crippen MR) is 161 cm³/mol. The van der Waals surface area contributed by atoms with E-state index in [9.17, 15) is 24.3 Å². The Kier molecular flexibility index (Phi) is 10.9. The Labute approximate surface area is 245 Å². The van der Waals surface area contributed by atoms with Gasteiger partial charge in [-0.2, -0.15) is 0 Å². The third-order valence-electron chi connectivity index (χ3n) is 6.19. The number of benzene rings is 2. The number of carboxylic acid groups (broad SMARTS) is 1. The number of aryl methyl sites for hydroxylation is 1. The second-order valence-corrected chi connectivity index (χ2v) is 10.9. The summed E-state index contributed by atoms with van der Waals surface area (Å²) < 4.78 is 0. The number of carbonyl (C=O) groups excluding carboxylic acids is 2. The molecule has 1 aromatic heterocycles. The maximum Gasteiger partial charge on any atom is 0.328 e. The van der Waals surface area contributed by atoms with Crippen LogP contribution in [-0.2, 0) is 20.8 Å². The summed E-state index contributed by atoms with van der Waals surface area (Å²) >= 11 is 1.07. The van der Waals surface area contributed by atoms with Crippen LogP contribution >= 0.6 is 11.8 Å². The summed E-state index contributed by atoms with van der Waals surface area (Å²) in [5, 5.41) is 22.8. The fourth-order valence-corrected chi connectivity index (χ4v) is 5.02. The zero-order valence-electron chi connectivity index (χ0n) is 23.6. The molecule has 0 radical (unpaired) electrons. The van der Waals surface area contributed by atoms with Gasteiger partial charge in [-0.25, -0.2) is 9.79 Å². The van der Waals surface area contributed by atoms with E-state index in [1.807, 2.05) is 57.2 Å². The lowest BCUT2D eigenvalue weighted by Gasteiger charge is -2.15. The molecule has 6 N–H and O–H groups in total. The van der Waals surface area contributed by atoms with E-state index in [1.165, 1.54) is 0 Å². The van der Waals surface area contributed by atoms with Crippen molar-refractivity contribution in [2.24, 2.45) is 4.99 Å². The van der Waals surface area contributed by atoms with Gasteiger partial charge in [0.15, 0.2) is 5.17 Å². The molecule has 1 aliphatic heterocycles. The van der Waals surface area contributed by atoms with Gasteiger partial charge in [-0.1, -0.05) is 68.9 Å². The second-order valence-electron chi connectivity index (χ2n) is 9.75.